The maximum atomic E-state index is 5.48. The Labute approximate surface area is 70.4 Å². The second-order valence-electron chi connectivity index (χ2n) is 2.21. The zero-order valence-electron chi connectivity index (χ0n) is 6.27. The Morgan fingerprint density at radius 2 is 2.55 bits per heavy atom. The van der Waals surface area contributed by atoms with Gasteiger partial charge in [0.25, 0.3) is 0 Å². The largest absolute Gasteiger partial charge is 0.392 e. The molecule has 0 bridgehead atoms. The smallest absolute Gasteiger partial charge is 0.103 e. The topological polar surface area (TPSA) is 56.7 Å². The molecule has 1 aromatic heterocycles. The molecule has 0 amide bonds. The Kier molecular flexibility index (Phi) is 2.53. The fraction of sp³-hybridized carbons (Fsp3) is 0.500. The zero-order chi connectivity index (χ0) is 8.27. The first-order chi connectivity index (χ1) is 5.25. The van der Waals surface area contributed by atoms with E-state index in [1.165, 1.54) is 0 Å². The Balaban J connectivity index is 2.79. The van der Waals surface area contributed by atoms with Crippen molar-refractivity contribution in [2.75, 3.05) is 0 Å². The van der Waals surface area contributed by atoms with Crippen molar-refractivity contribution in [3.8, 4) is 0 Å². The lowest BCUT2D eigenvalue weighted by molar-refractivity contribution is 0.534. The summed E-state index contributed by atoms with van der Waals surface area (Å²) in [5.74, 6) is 0. The molecule has 0 fully saturated rings. The molecule has 1 heterocycles. The van der Waals surface area contributed by atoms with Gasteiger partial charge in [-0.25, -0.2) is 4.68 Å². The molecule has 1 unspecified atom stereocenters. The minimum atomic E-state index is 0.00694. The van der Waals surface area contributed by atoms with Crippen LogP contribution in [0.5, 0.6) is 0 Å². The molecule has 0 spiro atoms. The van der Waals surface area contributed by atoms with Crippen LogP contribution in [0.4, 0.5) is 0 Å². The maximum absolute atomic E-state index is 5.48. The first-order valence-corrected chi connectivity index (χ1v) is 3.81. The van der Waals surface area contributed by atoms with E-state index in [0.29, 0.717) is 4.99 Å². The third kappa shape index (κ3) is 1.74. The Morgan fingerprint density at radius 3 is 2.91 bits per heavy atom. The molecular formula is C6H10N4S. The average Bonchev–Trinajstić information content (AvgIpc) is 2.40. The molecule has 1 rings (SSSR count). The van der Waals surface area contributed by atoms with Crippen LogP contribution in [-0.4, -0.2) is 20.0 Å². The van der Waals surface area contributed by atoms with E-state index in [-0.39, 0.29) is 6.04 Å². The summed E-state index contributed by atoms with van der Waals surface area (Å²) in [7, 11) is 0. The fourth-order valence-corrected chi connectivity index (χ4v) is 1.18. The van der Waals surface area contributed by atoms with Crippen LogP contribution < -0.4 is 5.73 Å². The molecule has 11 heavy (non-hydrogen) atoms. The van der Waals surface area contributed by atoms with E-state index in [2.05, 4.69) is 10.3 Å². The summed E-state index contributed by atoms with van der Waals surface area (Å²) in [6, 6.07) is 0.00694. The lowest BCUT2D eigenvalue weighted by Gasteiger charge is -2.11. The number of nitrogens with two attached hydrogens (primary N) is 1. The monoisotopic (exact) mass is 170 g/mol. The summed E-state index contributed by atoms with van der Waals surface area (Å²) < 4.78 is 1.67. The van der Waals surface area contributed by atoms with Crippen molar-refractivity contribution >= 4 is 17.2 Å². The standard InChI is InChI=1S/C6H10N4S/c1-2-5(6(7)11)10-4-3-8-9-10/h3-5H,2H2,1H3,(H2,7,11). The molecule has 0 radical (unpaired) electrons. The van der Waals surface area contributed by atoms with Crippen molar-refractivity contribution in [3.63, 3.8) is 0 Å². The number of aromatic nitrogens is 3. The highest BCUT2D eigenvalue weighted by atomic mass is 32.1. The van der Waals surface area contributed by atoms with Crippen molar-refractivity contribution in [1.82, 2.24) is 15.0 Å². The number of nitrogens with zero attached hydrogens (tertiary/aromatic N) is 3. The van der Waals surface area contributed by atoms with Gasteiger partial charge < -0.3 is 5.73 Å². The lowest BCUT2D eigenvalue weighted by atomic mass is 10.2. The molecule has 1 aromatic rings. The van der Waals surface area contributed by atoms with Crippen molar-refractivity contribution in [1.29, 1.82) is 0 Å². The van der Waals surface area contributed by atoms with E-state index >= 15 is 0 Å². The molecular weight excluding hydrogens is 160 g/mol. The second-order valence-corrected chi connectivity index (χ2v) is 2.68. The molecule has 0 saturated heterocycles. The van der Waals surface area contributed by atoms with Crippen LogP contribution in [0.1, 0.15) is 19.4 Å². The van der Waals surface area contributed by atoms with E-state index in [9.17, 15) is 0 Å². The molecule has 5 heteroatoms. The van der Waals surface area contributed by atoms with Gasteiger partial charge in [-0.05, 0) is 6.42 Å². The van der Waals surface area contributed by atoms with Gasteiger partial charge in [0.2, 0.25) is 0 Å². The van der Waals surface area contributed by atoms with Gasteiger partial charge >= 0.3 is 0 Å². The fourth-order valence-electron chi connectivity index (χ4n) is 0.902. The molecule has 0 aliphatic rings. The highest BCUT2D eigenvalue weighted by Gasteiger charge is 2.10. The second kappa shape index (κ2) is 3.43. The number of thiocarbonyl (C=S) groups is 1. The van der Waals surface area contributed by atoms with E-state index < -0.39 is 0 Å². The lowest BCUT2D eigenvalue weighted by Crippen LogP contribution is -2.24. The average molecular weight is 170 g/mol. The van der Waals surface area contributed by atoms with Crippen LogP contribution >= 0.6 is 12.2 Å². The third-order valence-corrected chi connectivity index (χ3v) is 1.75. The Bertz CT molecular complexity index is 231. The van der Waals surface area contributed by atoms with Gasteiger partial charge in [0.05, 0.1) is 11.2 Å². The summed E-state index contributed by atoms with van der Waals surface area (Å²) in [6.07, 6.45) is 4.22. The zero-order valence-corrected chi connectivity index (χ0v) is 7.08. The summed E-state index contributed by atoms with van der Waals surface area (Å²) in [4.78, 5) is 0.456. The van der Waals surface area contributed by atoms with Crippen molar-refractivity contribution < 1.29 is 0 Å². The first kappa shape index (κ1) is 8.13. The number of rotatable bonds is 3. The summed E-state index contributed by atoms with van der Waals surface area (Å²) >= 11 is 4.85. The van der Waals surface area contributed by atoms with Gasteiger partial charge in [0, 0.05) is 6.20 Å². The van der Waals surface area contributed by atoms with Crippen molar-refractivity contribution in [2.45, 2.75) is 19.4 Å². The van der Waals surface area contributed by atoms with Gasteiger partial charge in [-0.15, -0.1) is 5.10 Å². The van der Waals surface area contributed by atoms with E-state index in [1.807, 2.05) is 6.92 Å². The molecule has 0 saturated carbocycles. The SMILES string of the molecule is CCC(C(N)=S)n1ccnn1. The van der Waals surface area contributed by atoms with Crippen LogP contribution in [0, 0.1) is 0 Å². The van der Waals surface area contributed by atoms with Crippen LogP contribution in [0.25, 0.3) is 0 Å². The molecule has 2 N–H and O–H groups in total. The van der Waals surface area contributed by atoms with Crippen molar-refractivity contribution in [3.05, 3.63) is 12.4 Å². The first-order valence-electron chi connectivity index (χ1n) is 3.40. The van der Waals surface area contributed by atoms with Gasteiger partial charge in [-0.3, -0.25) is 0 Å². The van der Waals surface area contributed by atoms with E-state index in [0.717, 1.165) is 6.42 Å². The Hall–Kier alpha value is -0.970. The van der Waals surface area contributed by atoms with Gasteiger partial charge in [-0.1, -0.05) is 24.4 Å². The number of hydrogen-bond acceptors (Lipinski definition) is 3. The summed E-state index contributed by atoms with van der Waals surface area (Å²) in [5.41, 5.74) is 5.48. The maximum Gasteiger partial charge on any atom is 0.103 e. The minimum absolute atomic E-state index is 0.00694. The molecule has 0 aliphatic carbocycles. The van der Waals surface area contributed by atoms with Crippen LogP contribution in [-0.2, 0) is 0 Å². The van der Waals surface area contributed by atoms with Gasteiger partial charge in [-0.2, -0.15) is 0 Å². The predicted octanol–water partition coefficient (Wildman–Crippen LogP) is 0.515. The van der Waals surface area contributed by atoms with Gasteiger partial charge in [0.1, 0.15) is 6.04 Å². The van der Waals surface area contributed by atoms with Gasteiger partial charge in [0.15, 0.2) is 0 Å². The molecule has 0 aromatic carbocycles. The summed E-state index contributed by atoms with van der Waals surface area (Å²) in [6.45, 7) is 2.01. The van der Waals surface area contributed by atoms with Crippen LogP contribution in [0.15, 0.2) is 12.4 Å². The predicted molar refractivity (Wildman–Crippen MR) is 46.1 cm³/mol. The molecule has 60 valence electrons. The highest BCUT2D eigenvalue weighted by molar-refractivity contribution is 7.80. The summed E-state index contributed by atoms with van der Waals surface area (Å²) in [5, 5.41) is 7.48. The third-order valence-electron chi connectivity index (χ3n) is 1.48. The van der Waals surface area contributed by atoms with E-state index in [1.54, 1.807) is 17.1 Å². The van der Waals surface area contributed by atoms with Crippen LogP contribution in [0.3, 0.4) is 0 Å². The number of hydrogen-bond donors (Lipinski definition) is 1. The minimum Gasteiger partial charge on any atom is -0.392 e. The van der Waals surface area contributed by atoms with Crippen molar-refractivity contribution in [2.24, 2.45) is 5.73 Å². The highest BCUT2D eigenvalue weighted by Crippen LogP contribution is 2.07. The quantitative estimate of drug-likeness (QED) is 0.672. The van der Waals surface area contributed by atoms with E-state index in [4.69, 9.17) is 18.0 Å². The Morgan fingerprint density at radius 1 is 1.82 bits per heavy atom. The molecule has 0 aliphatic heterocycles. The normalized spacial score (nSPS) is 12.8. The molecule has 4 nitrogen and oxygen atoms in total. The molecule has 1 atom stereocenters. The van der Waals surface area contributed by atoms with Crippen LogP contribution in [0.2, 0.25) is 0 Å².